The molecule has 2 aliphatic heterocycles. The fourth-order valence-corrected chi connectivity index (χ4v) is 8.01. The van der Waals surface area contributed by atoms with Crippen LogP contribution in [0.25, 0.3) is 0 Å². The van der Waals surface area contributed by atoms with E-state index in [2.05, 4.69) is 41.7 Å². The van der Waals surface area contributed by atoms with Gasteiger partial charge in [0.1, 0.15) is 5.54 Å². The van der Waals surface area contributed by atoms with Crippen LogP contribution in [0.3, 0.4) is 0 Å². The van der Waals surface area contributed by atoms with E-state index < -0.39 is 22.3 Å². The van der Waals surface area contributed by atoms with Crippen LogP contribution >= 0.6 is 0 Å². The number of fused-ring (bicyclic) bond motifs is 4. The predicted octanol–water partition coefficient (Wildman–Crippen LogP) is 4.88. The zero-order valence-electron chi connectivity index (χ0n) is 21.3. The summed E-state index contributed by atoms with van der Waals surface area (Å²) in [4.78, 5) is 30.4. The molecule has 38 heavy (non-hydrogen) atoms. The SMILES string of the molecule is COC(=O)[C@@H]1[C@@]2(c3ccccc3)[C@@H](c3ccccc3)N[C@@]3(C(=O)N(C)c4ccccc43)[C@@]12c1ccccc1. The number of carbonyl (C=O) groups excluding carboxylic acids is 2. The molecule has 0 aromatic heterocycles. The number of piperidine rings is 1. The molecule has 2 fully saturated rings. The van der Waals surface area contributed by atoms with Gasteiger partial charge in [-0.2, -0.15) is 0 Å². The maximum atomic E-state index is 14.7. The van der Waals surface area contributed by atoms with E-state index in [4.69, 9.17) is 4.74 Å². The highest BCUT2D eigenvalue weighted by Crippen LogP contribution is 2.85. The number of anilines is 1. The van der Waals surface area contributed by atoms with Gasteiger partial charge in [0.25, 0.3) is 5.91 Å². The van der Waals surface area contributed by atoms with Crippen molar-refractivity contribution in [3.8, 4) is 0 Å². The lowest BCUT2D eigenvalue weighted by Gasteiger charge is -2.36. The lowest BCUT2D eigenvalue weighted by atomic mass is 9.68. The van der Waals surface area contributed by atoms with Gasteiger partial charge in [0.15, 0.2) is 0 Å². The summed E-state index contributed by atoms with van der Waals surface area (Å²) in [7, 11) is 3.27. The molecule has 1 aliphatic carbocycles. The van der Waals surface area contributed by atoms with E-state index in [1.54, 1.807) is 4.90 Å². The first-order valence-electron chi connectivity index (χ1n) is 13.0. The number of nitrogens with one attached hydrogen (secondary N) is 1. The molecule has 1 spiro atoms. The summed E-state index contributed by atoms with van der Waals surface area (Å²) in [6.07, 6.45) is 0. The molecule has 1 N–H and O–H groups in total. The molecule has 5 nitrogen and oxygen atoms in total. The number of para-hydroxylation sites is 1. The minimum atomic E-state index is -1.19. The molecule has 0 unspecified atom stereocenters. The molecular formula is C33H28N2O3. The molecule has 1 amide bonds. The van der Waals surface area contributed by atoms with Crippen molar-refractivity contribution in [2.45, 2.75) is 22.4 Å². The molecule has 5 heteroatoms. The second kappa shape index (κ2) is 7.89. The van der Waals surface area contributed by atoms with E-state index in [9.17, 15) is 9.59 Å². The third kappa shape index (κ3) is 2.41. The molecule has 4 aromatic rings. The van der Waals surface area contributed by atoms with Crippen LogP contribution in [0.5, 0.6) is 0 Å². The van der Waals surface area contributed by atoms with Gasteiger partial charge in [0.2, 0.25) is 0 Å². The van der Waals surface area contributed by atoms with Crippen LogP contribution in [-0.4, -0.2) is 26.0 Å². The number of ether oxygens (including phenoxy) is 1. The number of methoxy groups -OCH3 is 1. The Morgan fingerprint density at radius 1 is 0.789 bits per heavy atom. The quantitative estimate of drug-likeness (QED) is 0.406. The first-order valence-corrected chi connectivity index (χ1v) is 13.0. The van der Waals surface area contributed by atoms with Crippen molar-refractivity contribution in [2.75, 3.05) is 19.1 Å². The highest BCUT2D eigenvalue weighted by Gasteiger charge is 2.96. The Balaban J connectivity index is 1.67. The van der Waals surface area contributed by atoms with Gasteiger partial charge in [-0.25, -0.2) is 0 Å². The third-order valence-electron chi connectivity index (χ3n) is 9.21. The van der Waals surface area contributed by atoms with Gasteiger partial charge in [0.05, 0.1) is 18.4 Å². The average Bonchev–Trinajstić information content (AvgIpc) is 3.47. The Bertz CT molecular complexity index is 1560. The summed E-state index contributed by atoms with van der Waals surface area (Å²) in [6, 6.07) is 38.0. The lowest BCUT2D eigenvalue weighted by Crippen LogP contribution is -2.56. The molecule has 3 aliphatic rings. The van der Waals surface area contributed by atoms with Gasteiger partial charge in [-0.3, -0.25) is 14.9 Å². The van der Waals surface area contributed by atoms with Crippen molar-refractivity contribution in [3.63, 3.8) is 0 Å². The molecule has 4 aromatic carbocycles. The van der Waals surface area contributed by atoms with Crippen molar-refractivity contribution in [3.05, 3.63) is 138 Å². The number of likely N-dealkylation sites (N-methyl/N-ethyl adjacent to an activating group) is 1. The van der Waals surface area contributed by atoms with Gasteiger partial charge < -0.3 is 9.64 Å². The summed E-state index contributed by atoms with van der Waals surface area (Å²) in [5.41, 5.74) is 1.83. The van der Waals surface area contributed by atoms with Crippen LogP contribution < -0.4 is 10.2 Å². The fourth-order valence-electron chi connectivity index (χ4n) is 8.01. The predicted molar refractivity (Wildman–Crippen MR) is 146 cm³/mol. The van der Waals surface area contributed by atoms with Gasteiger partial charge in [-0.15, -0.1) is 0 Å². The molecular weight excluding hydrogens is 472 g/mol. The monoisotopic (exact) mass is 500 g/mol. The number of esters is 1. The van der Waals surface area contributed by atoms with Crippen LogP contribution in [0.1, 0.15) is 28.3 Å². The van der Waals surface area contributed by atoms with E-state index in [0.29, 0.717) is 0 Å². The van der Waals surface area contributed by atoms with Gasteiger partial charge >= 0.3 is 5.97 Å². The maximum Gasteiger partial charge on any atom is 0.310 e. The summed E-state index contributed by atoms with van der Waals surface area (Å²) < 4.78 is 5.55. The van der Waals surface area contributed by atoms with E-state index in [-0.39, 0.29) is 17.9 Å². The van der Waals surface area contributed by atoms with E-state index in [1.165, 1.54) is 7.11 Å². The molecule has 5 atom stereocenters. The van der Waals surface area contributed by atoms with Crippen LogP contribution in [0.2, 0.25) is 0 Å². The highest BCUT2D eigenvalue weighted by molar-refractivity contribution is 6.12. The second-order valence-electron chi connectivity index (χ2n) is 10.5. The van der Waals surface area contributed by atoms with Crippen LogP contribution in [-0.2, 0) is 30.7 Å². The third-order valence-corrected chi connectivity index (χ3v) is 9.21. The summed E-state index contributed by atoms with van der Waals surface area (Å²) >= 11 is 0. The molecule has 0 radical (unpaired) electrons. The number of amides is 1. The molecule has 2 heterocycles. The number of carbonyl (C=O) groups is 2. The van der Waals surface area contributed by atoms with Crippen molar-refractivity contribution in [1.82, 2.24) is 5.32 Å². The van der Waals surface area contributed by atoms with E-state index in [1.807, 2.05) is 85.9 Å². The van der Waals surface area contributed by atoms with Crippen LogP contribution in [0, 0.1) is 5.92 Å². The Hall–Kier alpha value is -4.22. The number of benzene rings is 4. The number of hydrogen-bond donors (Lipinski definition) is 1. The van der Waals surface area contributed by atoms with Crippen molar-refractivity contribution >= 4 is 17.6 Å². The van der Waals surface area contributed by atoms with Crippen LogP contribution in [0.15, 0.2) is 115 Å². The highest BCUT2D eigenvalue weighted by atomic mass is 16.5. The largest absolute Gasteiger partial charge is 0.469 e. The topological polar surface area (TPSA) is 58.6 Å². The van der Waals surface area contributed by atoms with Gasteiger partial charge in [0, 0.05) is 29.8 Å². The lowest BCUT2D eigenvalue weighted by molar-refractivity contribution is -0.144. The normalized spacial score (nSPS) is 30.7. The van der Waals surface area contributed by atoms with Crippen molar-refractivity contribution in [2.24, 2.45) is 5.92 Å². The molecule has 1 saturated carbocycles. The zero-order valence-corrected chi connectivity index (χ0v) is 21.3. The minimum Gasteiger partial charge on any atom is -0.469 e. The smallest absolute Gasteiger partial charge is 0.310 e. The summed E-state index contributed by atoms with van der Waals surface area (Å²) in [5.74, 6) is -0.966. The van der Waals surface area contributed by atoms with Crippen molar-refractivity contribution < 1.29 is 14.3 Å². The Labute approximate surface area is 222 Å². The average molecular weight is 501 g/mol. The Kier molecular flexibility index (Phi) is 4.76. The number of hydrogen-bond acceptors (Lipinski definition) is 4. The summed E-state index contributed by atoms with van der Waals surface area (Å²) in [6.45, 7) is 0. The van der Waals surface area contributed by atoms with E-state index in [0.717, 1.165) is 27.9 Å². The second-order valence-corrected chi connectivity index (χ2v) is 10.5. The first-order chi connectivity index (χ1) is 18.6. The molecule has 1 saturated heterocycles. The standard InChI is InChI=1S/C33H28N2O3/c1-35-26-21-13-12-20-25(26)33(30(35)37)32(24-18-10-5-11-19-24)27(29(36)38-2)31(32,23-16-8-4-9-17-23)28(34-33)22-14-6-3-7-15-22/h3-21,27-28,34H,1-2H3/t27-,28-,31+,32+,33+/m1/s1. The van der Waals surface area contributed by atoms with Gasteiger partial charge in [-0.1, -0.05) is 109 Å². The van der Waals surface area contributed by atoms with Crippen molar-refractivity contribution in [1.29, 1.82) is 0 Å². The van der Waals surface area contributed by atoms with Crippen LogP contribution in [0.4, 0.5) is 5.69 Å². The fraction of sp³-hybridized carbons (Fsp3) is 0.212. The summed E-state index contributed by atoms with van der Waals surface area (Å²) in [5, 5.41) is 3.91. The van der Waals surface area contributed by atoms with E-state index >= 15 is 0 Å². The molecule has 188 valence electrons. The molecule has 7 rings (SSSR count). The first kappa shape index (κ1) is 22.9. The number of rotatable bonds is 4. The molecule has 0 bridgehead atoms. The Morgan fingerprint density at radius 3 is 1.97 bits per heavy atom. The van der Waals surface area contributed by atoms with Gasteiger partial charge in [-0.05, 0) is 22.8 Å². The zero-order chi connectivity index (χ0) is 26.1. The maximum absolute atomic E-state index is 14.7. The minimum absolute atomic E-state index is 0.0623. The number of nitrogens with zero attached hydrogens (tertiary/aromatic N) is 1. The Morgan fingerprint density at radius 2 is 1.34 bits per heavy atom.